The molecule has 0 amide bonds. The summed E-state index contributed by atoms with van der Waals surface area (Å²) in [6, 6.07) is 5.54. The number of pyridine rings is 1. The normalized spacial score (nSPS) is 10.4. The van der Waals surface area contributed by atoms with Crippen LogP contribution in [0.1, 0.15) is 16.3 Å². The van der Waals surface area contributed by atoms with Gasteiger partial charge in [0.2, 0.25) is 0 Å². The molecule has 0 saturated heterocycles. The quantitative estimate of drug-likeness (QED) is 0.592. The molecule has 0 spiro atoms. The maximum Gasteiger partial charge on any atom is 0.166 e. The third-order valence-electron chi connectivity index (χ3n) is 1.88. The molecular weight excluding hydrogens is 152 g/mol. The number of hydrogen-bond acceptors (Lipinski definition) is 2. The first-order valence-electron chi connectivity index (χ1n) is 3.71. The molecule has 12 heavy (non-hydrogen) atoms. The lowest BCUT2D eigenvalue weighted by Crippen LogP contribution is -1.95. The Morgan fingerprint density at radius 3 is 3.08 bits per heavy atom. The van der Waals surface area contributed by atoms with E-state index in [1.807, 2.05) is 23.5 Å². The first kappa shape index (κ1) is 7.03. The highest BCUT2D eigenvalue weighted by atomic mass is 16.1. The van der Waals surface area contributed by atoms with E-state index in [0.29, 0.717) is 5.69 Å². The summed E-state index contributed by atoms with van der Waals surface area (Å²) in [4.78, 5) is 14.7. The van der Waals surface area contributed by atoms with Crippen molar-refractivity contribution >= 4 is 11.8 Å². The van der Waals surface area contributed by atoms with Crippen LogP contribution in [0, 0.1) is 6.92 Å². The fourth-order valence-electron chi connectivity index (χ4n) is 1.33. The van der Waals surface area contributed by atoms with Crippen molar-refractivity contribution < 1.29 is 4.79 Å². The van der Waals surface area contributed by atoms with E-state index in [1.54, 1.807) is 12.3 Å². The highest BCUT2D eigenvalue weighted by molar-refractivity contribution is 5.74. The summed E-state index contributed by atoms with van der Waals surface area (Å²) < 4.78 is 1.83. The van der Waals surface area contributed by atoms with Crippen LogP contribution in [0.3, 0.4) is 0 Å². The van der Waals surface area contributed by atoms with Crippen molar-refractivity contribution in [1.82, 2.24) is 9.38 Å². The summed E-state index contributed by atoms with van der Waals surface area (Å²) in [6.45, 7) is 1.88. The first-order chi connectivity index (χ1) is 5.83. The van der Waals surface area contributed by atoms with Crippen molar-refractivity contribution in [3.63, 3.8) is 0 Å². The number of nitrogens with zero attached hydrogens (tertiary/aromatic N) is 2. The summed E-state index contributed by atoms with van der Waals surface area (Å²) in [7, 11) is 0. The van der Waals surface area contributed by atoms with Crippen molar-refractivity contribution in [2.24, 2.45) is 0 Å². The highest BCUT2D eigenvalue weighted by Gasteiger charge is 2.01. The second-order valence-electron chi connectivity index (χ2n) is 2.63. The number of carbonyl (C=O) groups excluding carboxylic acids is 1. The summed E-state index contributed by atoms with van der Waals surface area (Å²) in [6.07, 6.45) is 2.59. The lowest BCUT2D eigenvalue weighted by Gasteiger charge is -1.98. The number of aryl methyl sites for hydroxylation is 1. The number of carbonyl (C=O) groups is 1. The molecule has 2 aromatic rings. The topological polar surface area (TPSA) is 34.4 Å². The zero-order valence-corrected chi connectivity index (χ0v) is 6.69. The van der Waals surface area contributed by atoms with E-state index >= 15 is 0 Å². The number of hydrogen-bond donors (Lipinski definition) is 0. The van der Waals surface area contributed by atoms with Crippen molar-refractivity contribution in [3.8, 4) is 0 Å². The Morgan fingerprint density at radius 2 is 2.33 bits per heavy atom. The SMILES string of the molecule is Cc1ncc2cccc(C=O)n12. The van der Waals surface area contributed by atoms with Crippen molar-refractivity contribution in [2.45, 2.75) is 6.92 Å². The molecule has 2 heterocycles. The van der Waals surface area contributed by atoms with Crippen LogP contribution in [0.25, 0.3) is 5.52 Å². The third kappa shape index (κ3) is 0.830. The van der Waals surface area contributed by atoms with Gasteiger partial charge < -0.3 is 0 Å². The smallest absolute Gasteiger partial charge is 0.166 e. The molecule has 0 aromatic carbocycles. The van der Waals surface area contributed by atoms with Crippen LogP contribution in [0.2, 0.25) is 0 Å². The van der Waals surface area contributed by atoms with Gasteiger partial charge in [-0.15, -0.1) is 0 Å². The van der Waals surface area contributed by atoms with Crippen LogP contribution in [-0.2, 0) is 0 Å². The van der Waals surface area contributed by atoms with Gasteiger partial charge in [0, 0.05) is 0 Å². The number of imidazole rings is 1. The van der Waals surface area contributed by atoms with Crippen LogP contribution >= 0.6 is 0 Å². The molecule has 3 heteroatoms. The van der Waals surface area contributed by atoms with Gasteiger partial charge in [-0.2, -0.15) is 0 Å². The van der Waals surface area contributed by atoms with Gasteiger partial charge in [-0.25, -0.2) is 4.98 Å². The van der Waals surface area contributed by atoms with Gasteiger partial charge in [-0.1, -0.05) is 6.07 Å². The Labute approximate surface area is 69.7 Å². The fraction of sp³-hybridized carbons (Fsp3) is 0.111. The lowest BCUT2D eigenvalue weighted by molar-refractivity contribution is 0.111. The zero-order chi connectivity index (χ0) is 8.55. The molecular formula is C9H8N2O. The maximum absolute atomic E-state index is 10.6. The van der Waals surface area contributed by atoms with E-state index in [0.717, 1.165) is 17.6 Å². The average molecular weight is 160 g/mol. The van der Waals surface area contributed by atoms with Crippen molar-refractivity contribution in [3.05, 3.63) is 35.9 Å². The van der Waals surface area contributed by atoms with Crippen molar-refractivity contribution in [1.29, 1.82) is 0 Å². The van der Waals surface area contributed by atoms with Crippen molar-refractivity contribution in [2.75, 3.05) is 0 Å². The molecule has 0 radical (unpaired) electrons. The Kier molecular flexibility index (Phi) is 1.43. The largest absolute Gasteiger partial charge is 0.296 e. The molecule has 0 atom stereocenters. The zero-order valence-electron chi connectivity index (χ0n) is 6.69. The van der Waals surface area contributed by atoms with E-state index in [2.05, 4.69) is 4.98 Å². The molecule has 0 fully saturated rings. The van der Waals surface area contributed by atoms with Gasteiger partial charge in [-0.3, -0.25) is 9.20 Å². The van der Waals surface area contributed by atoms with Crippen LogP contribution < -0.4 is 0 Å². The number of aromatic nitrogens is 2. The van der Waals surface area contributed by atoms with Crippen LogP contribution in [-0.4, -0.2) is 15.7 Å². The predicted molar refractivity (Wildman–Crippen MR) is 45.3 cm³/mol. The predicted octanol–water partition coefficient (Wildman–Crippen LogP) is 1.46. The van der Waals surface area contributed by atoms with E-state index in [9.17, 15) is 4.79 Å². The fourth-order valence-corrected chi connectivity index (χ4v) is 1.33. The molecule has 0 aliphatic rings. The summed E-state index contributed by atoms with van der Waals surface area (Å²) in [5, 5.41) is 0. The molecule has 2 rings (SSSR count). The molecule has 2 aromatic heterocycles. The standard InChI is InChI=1S/C9H8N2O/c1-7-10-5-8-3-2-4-9(6-12)11(7)8/h2-6H,1H3. The van der Waals surface area contributed by atoms with Crippen LogP contribution in [0.5, 0.6) is 0 Å². The van der Waals surface area contributed by atoms with Gasteiger partial charge in [0.1, 0.15) is 5.82 Å². The first-order valence-corrected chi connectivity index (χ1v) is 3.71. The summed E-state index contributed by atoms with van der Waals surface area (Å²) >= 11 is 0. The Morgan fingerprint density at radius 1 is 1.50 bits per heavy atom. The Hall–Kier alpha value is -1.64. The van der Waals surface area contributed by atoms with Crippen LogP contribution in [0.4, 0.5) is 0 Å². The van der Waals surface area contributed by atoms with Gasteiger partial charge in [0.15, 0.2) is 6.29 Å². The molecule has 0 bridgehead atoms. The molecule has 60 valence electrons. The van der Waals surface area contributed by atoms with E-state index in [4.69, 9.17) is 0 Å². The minimum atomic E-state index is 0.641. The molecule has 0 aliphatic carbocycles. The van der Waals surface area contributed by atoms with E-state index in [1.165, 1.54) is 0 Å². The lowest BCUT2D eigenvalue weighted by atomic mass is 10.3. The monoisotopic (exact) mass is 160 g/mol. The minimum absolute atomic E-state index is 0.641. The van der Waals surface area contributed by atoms with Gasteiger partial charge in [0.05, 0.1) is 17.4 Å². The molecule has 0 N–H and O–H groups in total. The van der Waals surface area contributed by atoms with E-state index in [-0.39, 0.29) is 0 Å². The van der Waals surface area contributed by atoms with E-state index < -0.39 is 0 Å². The molecule has 0 unspecified atom stereocenters. The summed E-state index contributed by atoms with van der Waals surface area (Å²) in [5.74, 6) is 0.840. The molecule has 3 nitrogen and oxygen atoms in total. The number of aldehydes is 1. The van der Waals surface area contributed by atoms with Gasteiger partial charge in [-0.05, 0) is 19.1 Å². The molecule has 0 saturated carbocycles. The highest BCUT2D eigenvalue weighted by Crippen LogP contribution is 2.08. The van der Waals surface area contributed by atoms with Gasteiger partial charge >= 0.3 is 0 Å². The minimum Gasteiger partial charge on any atom is -0.296 e. The second kappa shape index (κ2) is 2.44. The summed E-state index contributed by atoms with van der Waals surface area (Å²) in [5.41, 5.74) is 1.60. The van der Waals surface area contributed by atoms with Gasteiger partial charge in [0.25, 0.3) is 0 Å². The maximum atomic E-state index is 10.6. The third-order valence-corrected chi connectivity index (χ3v) is 1.88. The number of fused-ring (bicyclic) bond motifs is 1. The van der Waals surface area contributed by atoms with Crippen LogP contribution in [0.15, 0.2) is 24.4 Å². The molecule has 0 aliphatic heterocycles. The second-order valence-corrected chi connectivity index (χ2v) is 2.63. The number of rotatable bonds is 1. The Bertz CT molecular complexity index is 431. The Balaban J connectivity index is 2.93. The average Bonchev–Trinajstić information content (AvgIpc) is 2.48.